The number of carbonyl (C=O) groups excluding carboxylic acids is 1. The smallest absolute Gasteiger partial charge is 0.236 e. The Hall–Kier alpha value is -2.14. The summed E-state index contributed by atoms with van der Waals surface area (Å²) in [5.41, 5.74) is 1.22. The molecule has 1 amide bonds. The van der Waals surface area contributed by atoms with Crippen LogP contribution in [0.4, 0.5) is 0 Å². The van der Waals surface area contributed by atoms with Crippen LogP contribution in [0.15, 0.2) is 40.9 Å². The van der Waals surface area contributed by atoms with E-state index in [2.05, 4.69) is 22.0 Å². The molecule has 0 N–H and O–H groups in total. The number of oxazole rings is 1. The third-order valence-corrected chi connectivity index (χ3v) is 5.47. The summed E-state index contributed by atoms with van der Waals surface area (Å²) in [5, 5.41) is 0. The minimum atomic E-state index is 0.218. The Balaban J connectivity index is 1.36. The van der Waals surface area contributed by atoms with Gasteiger partial charge < -0.3 is 9.32 Å². The molecule has 0 radical (unpaired) electrons. The first kappa shape index (κ1) is 17.3. The summed E-state index contributed by atoms with van der Waals surface area (Å²) in [6.45, 7) is 4.29. The van der Waals surface area contributed by atoms with Crippen LogP contribution in [0.5, 0.6) is 0 Å². The summed E-state index contributed by atoms with van der Waals surface area (Å²) >= 11 is 0. The second-order valence-electron chi connectivity index (χ2n) is 7.49. The lowest BCUT2D eigenvalue weighted by molar-refractivity contribution is -0.133. The molecule has 0 aliphatic carbocycles. The van der Waals surface area contributed by atoms with Gasteiger partial charge in [0.2, 0.25) is 5.91 Å². The van der Waals surface area contributed by atoms with Gasteiger partial charge in [0.25, 0.3) is 0 Å². The first-order valence-corrected chi connectivity index (χ1v) is 9.76. The van der Waals surface area contributed by atoms with Crippen molar-refractivity contribution in [1.82, 2.24) is 14.8 Å². The van der Waals surface area contributed by atoms with Crippen molar-refractivity contribution >= 4 is 5.91 Å². The molecule has 2 aliphatic heterocycles. The molecule has 26 heavy (non-hydrogen) atoms. The van der Waals surface area contributed by atoms with Gasteiger partial charge in [-0.25, -0.2) is 4.98 Å². The Morgan fingerprint density at radius 1 is 1.12 bits per heavy atom. The van der Waals surface area contributed by atoms with Crippen LogP contribution in [0.25, 0.3) is 0 Å². The Morgan fingerprint density at radius 3 is 2.73 bits per heavy atom. The number of nitrogens with zero attached hydrogens (tertiary/aromatic N) is 3. The Bertz CT molecular complexity index is 722. The van der Waals surface area contributed by atoms with E-state index in [1.165, 1.54) is 18.4 Å². The highest BCUT2D eigenvalue weighted by Gasteiger charge is 2.29. The Morgan fingerprint density at radius 2 is 1.92 bits per heavy atom. The highest BCUT2D eigenvalue weighted by molar-refractivity contribution is 5.78. The molecule has 2 aromatic rings. The van der Waals surface area contributed by atoms with Gasteiger partial charge in [-0.2, -0.15) is 0 Å². The fourth-order valence-electron chi connectivity index (χ4n) is 4.03. The van der Waals surface area contributed by atoms with Crippen LogP contribution in [0.2, 0.25) is 0 Å². The van der Waals surface area contributed by atoms with Gasteiger partial charge in [-0.1, -0.05) is 30.3 Å². The summed E-state index contributed by atoms with van der Waals surface area (Å²) < 4.78 is 6.03. The third-order valence-electron chi connectivity index (χ3n) is 5.47. The molecule has 4 rings (SSSR count). The number of carbonyl (C=O) groups is 1. The van der Waals surface area contributed by atoms with Gasteiger partial charge in [-0.15, -0.1) is 0 Å². The molecular formula is C21H27N3O2. The van der Waals surface area contributed by atoms with E-state index in [-0.39, 0.29) is 11.8 Å². The summed E-state index contributed by atoms with van der Waals surface area (Å²) in [6.07, 6.45) is 7.10. The lowest BCUT2D eigenvalue weighted by atomic mass is 9.98. The van der Waals surface area contributed by atoms with Crippen LogP contribution < -0.4 is 0 Å². The maximum Gasteiger partial charge on any atom is 0.236 e. The van der Waals surface area contributed by atoms with Crippen molar-refractivity contribution in [1.29, 1.82) is 0 Å². The topological polar surface area (TPSA) is 49.6 Å². The van der Waals surface area contributed by atoms with Crippen molar-refractivity contribution in [2.75, 3.05) is 32.7 Å². The van der Waals surface area contributed by atoms with Crippen molar-refractivity contribution in [3.63, 3.8) is 0 Å². The fourth-order valence-corrected chi connectivity index (χ4v) is 4.03. The second kappa shape index (κ2) is 8.04. The standard InChI is InChI=1S/C21H27N3O2/c25-20(16-23-10-4-5-11-23)24-12-6-9-18(15-24)21-22-14-19(26-21)13-17-7-2-1-3-8-17/h1-3,7-8,14,18H,4-6,9-13,15-16H2/t18-/m0/s1. The zero-order valence-corrected chi connectivity index (χ0v) is 15.3. The van der Waals surface area contributed by atoms with E-state index < -0.39 is 0 Å². The van der Waals surface area contributed by atoms with E-state index in [1.54, 1.807) is 0 Å². The van der Waals surface area contributed by atoms with Crippen molar-refractivity contribution in [3.05, 3.63) is 53.7 Å². The van der Waals surface area contributed by atoms with Crippen LogP contribution >= 0.6 is 0 Å². The van der Waals surface area contributed by atoms with Crippen molar-refractivity contribution in [3.8, 4) is 0 Å². The number of hydrogen-bond acceptors (Lipinski definition) is 4. The van der Waals surface area contributed by atoms with Crippen LogP contribution in [0, 0.1) is 0 Å². The summed E-state index contributed by atoms with van der Waals surface area (Å²) in [5.74, 6) is 2.16. The molecule has 5 nitrogen and oxygen atoms in total. The van der Waals surface area contributed by atoms with Crippen LogP contribution in [0.1, 0.15) is 48.8 Å². The zero-order valence-electron chi connectivity index (χ0n) is 15.3. The molecule has 0 bridgehead atoms. The van der Waals surface area contributed by atoms with E-state index in [0.29, 0.717) is 6.54 Å². The molecule has 2 aliphatic rings. The van der Waals surface area contributed by atoms with Gasteiger partial charge in [0.1, 0.15) is 5.76 Å². The number of piperidine rings is 1. The minimum Gasteiger partial charge on any atom is -0.445 e. The molecule has 1 atom stereocenters. The molecule has 1 aromatic carbocycles. The number of rotatable bonds is 5. The molecule has 138 valence electrons. The largest absolute Gasteiger partial charge is 0.445 e. The molecule has 0 saturated carbocycles. The second-order valence-corrected chi connectivity index (χ2v) is 7.49. The molecule has 3 heterocycles. The van der Waals surface area contributed by atoms with Gasteiger partial charge in [-0.3, -0.25) is 9.69 Å². The summed E-state index contributed by atoms with van der Waals surface area (Å²) in [4.78, 5) is 21.4. The predicted octanol–water partition coefficient (Wildman–Crippen LogP) is 3.07. The summed E-state index contributed by atoms with van der Waals surface area (Å²) in [6, 6.07) is 10.3. The highest BCUT2D eigenvalue weighted by Crippen LogP contribution is 2.27. The first-order chi connectivity index (χ1) is 12.8. The number of amides is 1. The van der Waals surface area contributed by atoms with Crippen molar-refractivity contribution in [2.24, 2.45) is 0 Å². The highest BCUT2D eigenvalue weighted by atomic mass is 16.4. The Labute approximate surface area is 155 Å². The van der Waals surface area contributed by atoms with Crippen molar-refractivity contribution < 1.29 is 9.21 Å². The van der Waals surface area contributed by atoms with Crippen LogP contribution in [-0.4, -0.2) is 53.4 Å². The normalized spacial score (nSPS) is 21.2. The predicted molar refractivity (Wildman–Crippen MR) is 100.0 cm³/mol. The molecular weight excluding hydrogens is 326 g/mol. The number of likely N-dealkylation sites (tertiary alicyclic amines) is 2. The molecule has 0 spiro atoms. The molecule has 1 aromatic heterocycles. The van der Waals surface area contributed by atoms with Gasteiger partial charge in [0.15, 0.2) is 5.89 Å². The zero-order chi connectivity index (χ0) is 17.8. The van der Waals surface area contributed by atoms with Gasteiger partial charge in [0.05, 0.1) is 18.7 Å². The van der Waals surface area contributed by atoms with Gasteiger partial charge in [-0.05, 0) is 44.3 Å². The molecule has 2 fully saturated rings. The van der Waals surface area contributed by atoms with Crippen LogP contribution in [0.3, 0.4) is 0 Å². The maximum absolute atomic E-state index is 12.6. The minimum absolute atomic E-state index is 0.218. The Kier molecular flexibility index (Phi) is 5.34. The van der Waals surface area contributed by atoms with Gasteiger partial charge in [0, 0.05) is 19.5 Å². The average Bonchev–Trinajstić information content (AvgIpc) is 3.35. The quantitative estimate of drug-likeness (QED) is 0.829. The maximum atomic E-state index is 12.6. The summed E-state index contributed by atoms with van der Waals surface area (Å²) in [7, 11) is 0. The third kappa shape index (κ3) is 4.15. The monoisotopic (exact) mass is 353 g/mol. The van der Waals surface area contributed by atoms with E-state index in [9.17, 15) is 4.79 Å². The lowest BCUT2D eigenvalue weighted by Gasteiger charge is -2.32. The van der Waals surface area contributed by atoms with E-state index in [4.69, 9.17) is 4.42 Å². The first-order valence-electron chi connectivity index (χ1n) is 9.76. The van der Waals surface area contributed by atoms with E-state index in [1.807, 2.05) is 29.3 Å². The molecule has 5 heteroatoms. The van der Waals surface area contributed by atoms with E-state index in [0.717, 1.165) is 57.1 Å². The number of aromatic nitrogens is 1. The average molecular weight is 353 g/mol. The number of hydrogen-bond donors (Lipinski definition) is 0. The molecule has 2 saturated heterocycles. The van der Waals surface area contributed by atoms with E-state index >= 15 is 0 Å². The van der Waals surface area contributed by atoms with Crippen molar-refractivity contribution in [2.45, 2.75) is 38.0 Å². The van der Waals surface area contributed by atoms with Crippen LogP contribution in [-0.2, 0) is 11.2 Å². The molecule has 0 unspecified atom stereocenters. The van der Waals surface area contributed by atoms with Gasteiger partial charge >= 0.3 is 0 Å². The fraction of sp³-hybridized carbons (Fsp3) is 0.524. The lowest BCUT2D eigenvalue weighted by Crippen LogP contribution is -2.44. The number of benzene rings is 1. The SMILES string of the molecule is O=C(CN1CCCC1)N1CCC[C@H](c2ncc(Cc3ccccc3)o2)C1.